The number of primary amides is 1. The van der Waals surface area contributed by atoms with Crippen LogP contribution in [0.15, 0.2) is 42.6 Å². The Kier molecular flexibility index (Phi) is 6.61. The molecule has 3 heterocycles. The molecule has 0 aliphatic carbocycles. The number of rotatable bonds is 8. The smallest absolute Gasteiger partial charge is 0.251 e. The molecule has 0 bridgehead atoms. The molecule has 9 nitrogen and oxygen atoms in total. The van der Waals surface area contributed by atoms with E-state index in [2.05, 4.69) is 20.6 Å². The maximum atomic E-state index is 14.9. The first-order valence-corrected chi connectivity index (χ1v) is 11.3. The van der Waals surface area contributed by atoms with Gasteiger partial charge in [-0.25, -0.2) is 18.4 Å². The Hall–Kier alpha value is -3.74. The van der Waals surface area contributed by atoms with Gasteiger partial charge in [-0.1, -0.05) is 11.3 Å². The summed E-state index contributed by atoms with van der Waals surface area (Å²) in [6, 6.07) is 8.60. The summed E-state index contributed by atoms with van der Waals surface area (Å²) in [7, 11) is 0. The monoisotopic (exact) mass is 500 g/mol. The quantitative estimate of drug-likeness (QED) is 0.291. The lowest BCUT2D eigenvalue weighted by Gasteiger charge is -2.18. The van der Waals surface area contributed by atoms with Gasteiger partial charge in [0.2, 0.25) is 0 Å². The van der Waals surface area contributed by atoms with Crippen LogP contribution in [0.5, 0.6) is 0 Å². The van der Waals surface area contributed by atoms with E-state index in [1.165, 1.54) is 24.6 Å². The second-order valence-electron chi connectivity index (χ2n) is 8.30. The van der Waals surface area contributed by atoms with E-state index < -0.39 is 23.1 Å². The number of carbonyl (C=O) groups excluding carboxylic acids is 1. The molecule has 182 valence electrons. The lowest BCUT2D eigenvalue weighted by atomic mass is 9.96. The SMILES string of the molecule is CC(C)(O)c1cc(F)c(-c2cc(C(N)=O)c(Nc3cccc(Cn4cc(CO)nn4)n3)s2)c(F)c1. The number of nitrogens with two attached hydrogens (primary N) is 1. The second kappa shape index (κ2) is 9.49. The molecule has 4 rings (SSSR count). The van der Waals surface area contributed by atoms with E-state index >= 15 is 0 Å². The number of aliphatic hydroxyl groups is 2. The zero-order valence-corrected chi connectivity index (χ0v) is 19.6. The van der Waals surface area contributed by atoms with Crippen LogP contribution in [0, 0.1) is 11.6 Å². The summed E-state index contributed by atoms with van der Waals surface area (Å²) < 4.78 is 31.2. The molecule has 0 unspecified atom stereocenters. The number of aliphatic hydroxyl groups excluding tert-OH is 1. The summed E-state index contributed by atoms with van der Waals surface area (Å²) in [4.78, 5) is 16.7. The molecule has 5 N–H and O–H groups in total. The van der Waals surface area contributed by atoms with Crippen molar-refractivity contribution in [2.24, 2.45) is 5.73 Å². The van der Waals surface area contributed by atoms with Crippen LogP contribution in [0.4, 0.5) is 19.6 Å². The highest BCUT2D eigenvalue weighted by Crippen LogP contribution is 2.40. The number of benzene rings is 1. The number of anilines is 2. The average Bonchev–Trinajstić information content (AvgIpc) is 3.40. The predicted molar refractivity (Wildman–Crippen MR) is 126 cm³/mol. The maximum Gasteiger partial charge on any atom is 0.251 e. The number of hydrogen-bond acceptors (Lipinski definition) is 8. The van der Waals surface area contributed by atoms with Gasteiger partial charge in [0.25, 0.3) is 5.91 Å². The fraction of sp³-hybridized carbons (Fsp3) is 0.217. The van der Waals surface area contributed by atoms with Crippen LogP contribution in [0.3, 0.4) is 0 Å². The molecule has 0 fully saturated rings. The minimum Gasteiger partial charge on any atom is -0.390 e. The summed E-state index contributed by atoms with van der Waals surface area (Å²) in [6.45, 7) is 2.90. The van der Waals surface area contributed by atoms with Crippen LogP contribution in [-0.2, 0) is 18.8 Å². The first-order valence-electron chi connectivity index (χ1n) is 10.4. The molecule has 0 spiro atoms. The van der Waals surface area contributed by atoms with Gasteiger partial charge >= 0.3 is 0 Å². The highest BCUT2D eigenvalue weighted by Gasteiger charge is 2.24. The Morgan fingerprint density at radius 3 is 2.51 bits per heavy atom. The molecule has 0 aliphatic heterocycles. The zero-order valence-electron chi connectivity index (χ0n) is 18.8. The molecular weight excluding hydrogens is 478 g/mol. The highest BCUT2D eigenvalue weighted by molar-refractivity contribution is 7.20. The van der Waals surface area contributed by atoms with Gasteiger partial charge in [0.15, 0.2) is 0 Å². The fourth-order valence-corrected chi connectivity index (χ4v) is 4.48. The van der Waals surface area contributed by atoms with Crippen molar-refractivity contribution in [3.8, 4) is 10.4 Å². The number of hydrogen-bond donors (Lipinski definition) is 4. The maximum absolute atomic E-state index is 14.9. The van der Waals surface area contributed by atoms with E-state index in [9.17, 15) is 18.7 Å². The predicted octanol–water partition coefficient (Wildman–Crippen LogP) is 3.29. The van der Waals surface area contributed by atoms with Gasteiger partial charge in [0.1, 0.15) is 28.1 Å². The van der Waals surface area contributed by atoms with E-state index in [1.54, 1.807) is 24.4 Å². The number of amides is 1. The largest absolute Gasteiger partial charge is 0.390 e. The van der Waals surface area contributed by atoms with Gasteiger partial charge in [0.05, 0.1) is 41.8 Å². The molecule has 0 saturated heterocycles. The van der Waals surface area contributed by atoms with Crippen LogP contribution in [0.25, 0.3) is 10.4 Å². The van der Waals surface area contributed by atoms with E-state index in [1.807, 2.05) is 0 Å². The van der Waals surface area contributed by atoms with Gasteiger partial charge in [0, 0.05) is 4.88 Å². The Labute approximate surface area is 202 Å². The average molecular weight is 501 g/mol. The second-order valence-corrected chi connectivity index (χ2v) is 9.35. The van der Waals surface area contributed by atoms with Crippen molar-refractivity contribution >= 4 is 28.1 Å². The van der Waals surface area contributed by atoms with Crippen molar-refractivity contribution in [2.45, 2.75) is 32.6 Å². The Bertz CT molecular complexity index is 1370. The van der Waals surface area contributed by atoms with E-state index in [0.717, 1.165) is 23.5 Å². The van der Waals surface area contributed by atoms with Gasteiger partial charge in [-0.15, -0.1) is 16.4 Å². The molecule has 35 heavy (non-hydrogen) atoms. The van der Waals surface area contributed by atoms with Crippen molar-refractivity contribution in [3.63, 3.8) is 0 Å². The third-order valence-corrected chi connectivity index (χ3v) is 6.18. The normalized spacial score (nSPS) is 11.6. The molecule has 0 radical (unpaired) electrons. The summed E-state index contributed by atoms with van der Waals surface area (Å²) >= 11 is 0.944. The molecule has 1 aromatic carbocycles. The van der Waals surface area contributed by atoms with E-state index in [-0.39, 0.29) is 39.7 Å². The third-order valence-electron chi connectivity index (χ3n) is 5.11. The van der Waals surface area contributed by atoms with Crippen molar-refractivity contribution in [1.82, 2.24) is 20.0 Å². The van der Waals surface area contributed by atoms with Crippen LogP contribution in [-0.4, -0.2) is 36.1 Å². The third kappa shape index (κ3) is 5.34. The summed E-state index contributed by atoms with van der Waals surface area (Å²) in [5, 5.41) is 30.2. The van der Waals surface area contributed by atoms with Crippen molar-refractivity contribution in [2.75, 3.05) is 5.32 Å². The topological polar surface area (TPSA) is 139 Å². The Balaban J connectivity index is 1.65. The lowest BCUT2D eigenvalue weighted by molar-refractivity contribution is 0.0778. The molecule has 12 heteroatoms. The number of carbonyl (C=O) groups is 1. The Morgan fingerprint density at radius 2 is 1.91 bits per heavy atom. The van der Waals surface area contributed by atoms with Crippen molar-refractivity contribution in [1.29, 1.82) is 0 Å². The number of thiophene rings is 1. The van der Waals surface area contributed by atoms with Crippen molar-refractivity contribution in [3.05, 3.63) is 76.7 Å². The lowest BCUT2D eigenvalue weighted by Crippen LogP contribution is -2.16. The van der Waals surface area contributed by atoms with Gasteiger partial charge in [-0.2, -0.15) is 0 Å². The van der Waals surface area contributed by atoms with Crippen molar-refractivity contribution < 1.29 is 23.8 Å². The highest BCUT2D eigenvalue weighted by atomic mass is 32.1. The number of nitrogens with one attached hydrogen (secondary N) is 1. The van der Waals surface area contributed by atoms with E-state index in [0.29, 0.717) is 17.2 Å². The van der Waals surface area contributed by atoms with E-state index in [4.69, 9.17) is 10.8 Å². The molecular formula is C23H22F2N6O3S. The number of aromatic nitrogens is 4. The zero-order chi connectivity index (χ0) is 25.3. The van der Waals surface area contributed by atoms with Gasteiger partial charge < -0.3 is 21.3 Å². The minimum atomic E-state index is -1.43. The van der Waals surface area contributed by atoms with Crippen LogP contribution in [0.2, 0.25) is 0 Å². The molecule has 3 aromatic heterocycles. The first-order chi connectivity index (χ1) is 16.5. The standard InChI is InChI=1S/C23H22F2N6O3S/c1-23(2,34)12-6-16(24)20(17(25)7-12)18-8-15(21(26)33)22(35-18)28-19-5-3-4-13(27-19)9-31-10-14(11-32)29-30-31/h3-8,10,32,34H,9,11H2,1-2H3,(H2,26,33)(H,27,28). The summed E-state index contributed by atoms with van der Waals surface area (Å²) in [6.07, 6.45) is 1.59. The minimum absolute atomic E-state index is 0.0476. The molecule has 0 aliphatic rings. The van der Waals surface area contributed by atoms with Crippen LogP contribution in [0.1, 0.15) is 41.2 Å². The number of pyridine rings is 1. The van der Waals surface area contributed by atoms with Gasteiger partial charge in [-0.3, -0.25) is 4.79 Å². The fourth-order valence-electron chi connectivity index (χ4n) is 3.36. The summed E-state index contributed by atoms with van der Waals surface area (Å²) in [5.74, 6) is -2.15. The Morgan fingerprint density at radius 1 is 1.20 bits per heavy atom. The molecule has 1 amide bonds. The summed E-state index contributed by atoms with van der Waals surface area (Å²) in [5.41, 5.74) is 4.92. The molecule has 0 atom stereocenters. The molecule has 0 saturated carbocycles. The molecule has 4 aromatic rings. The number of halogens is 2. The number of nitrogens with zero attached hydrogens (tertiary/aromatic N) is 4. The first kappa shape index (κ1) is 24.4. The van der Waals surface area contributed by atoms with Crippen LogP contribution >= 0.6 is 11.3 Å². The van der Waals surface area contributed by atoms with Gasteiger partial charge in [-0.05, 0) is 49.7 Å². The van der Waals surface area contributed by atoms with Crippen LogP contribution < -0.4 is 11.1 Å².